The Morgan fingerprint density at radius 2 is 1.96 bits per heavy atom. The fourth-order valence-corrected chi connectivity index (χ4v) is 3.67. The van der Waals surface area contributed by atoms with Gasteiger partial charge in [0.25, 0.3) is 0 Å². The van der Waals surface area contributed by atoms with Gasteiger partial charge in [0.2, 0.25) is 0 Å². The molecule has 2 heterocycles. The molecule has 0 bridgehead atoms. The van der Waals surface area contributed by atoms with Gasteiger partial charge in [-0.25, -0.2) is 4.98 Å². The van der Waals surface area contributed by atoms with Gasteiger partial charge in [-0.2, -0.15) is 5.10 Å². The summed E-state index contributed by atoms with van der Waals surface area (Å²) in [4.78, 5) is 6.59. The molecule has 0 unspecified atom stereocenters. The Morgan fingerprint density at radius 1 is 1.15 bits per heavy atom. The molecule has 27 heavy (non-hydrogen) atoms. The molecule has 0 saturated heterocycles. The quantitative estimate of drug-likeness (QED) is 0.545. The second-order valence-corrected chi connectivity index (χ2v) is 7.33. The van der Waals surface area contributed by atoms with Crippen LogP contribution in [-0.4, -0.2) is 30.8 Å². The summed E-state index contributed by atoms with van der Waals surface area (Å²) in [6, 6.07) is 8.11. The van der Waals surface area contributed by atoms with Crippen LogP contribution in [0.15, 0.2) is 43.0 Å². The van der Waals surface area contributed by atoms with E-state index in [9.17, 15) is 0 Å². The lowest BCUT2D eigenvalue weighted by atomic mass is 10.1. The number of rotatable bonds is 9. The molecule has 0 aliphatic heterocycles. The third kappa shape index (κ3) is 4.99. The molecule has 5 nitrogen and oxygen atoms in total. The molecule has 0 radical (unpaired) electrons. The summed E-state index contributed by atoms with van der Waals surface area (Å²) in [6.45, 7) is 11.0. The van der Waals surface area contributed by atoms with Crippen molar-refractivity contribution in [3.05, 3.63) is 70.5 Å². The van der Waals surface area contributed by atoms with Gasteiger partial charge in [-0.15, -0.1) is 0 Å². The minimum Gasteiger partial charge on any atom is -0.337 e. The van der Waals surface area contributed by atoms with Crippen LogP contribution in [0, 0.1) is 13.8 Å². The SMILES string of the molecule is CCn1nc(C)c(CN(CCCn2ccnc2)Cc2ccccc2Cl)c1C. The molecule has 3 rings (SSSR count). The zero-order chi connectivity index (χ0) is 19.2. The molecule has 0 fully saturated rings. The highest BCUT2D eigenvalue weighted by molar-refractivity contribution is 6.31. The van der Waals surface area contributed by atoms with E-state index < -0.39 is 0 Å². The molecule has 0 amide bonds. The van der Waals surface area contributed by atoms with E-state index in [4.69, 9.17) is 11.6 Å². The standard InChI is InChI=1S/C21H28ClN5/c1-4-27-18(3)20(17(2)24-27)15-26(12-7-11-25-13-10-23-16-25)14-19-8-5-6-9-21(19)22/h5-6,8-10,13,16H,4,7,11-12,14-15H2,1-3H3. The number of hydrogen-bond acceptors (Lipinski definition) is 3. The number of imidazole rings is 1. The number of nitrogens with zero attached hydrogens (tertiary/aromatic N) is 5. The van der Waals surface area contributed by atoms with E-state index in [-0.39, 0.29) is 0 Å². The molecular weight excluding hydrogens is 358 g/mol. The summed E-state index contributed by atoms with van der Waals surface area (Å²) in [5.41, 5.74) is 4.87. The molecule has 0 saturated carbocycles. The minimum atomic E-state index is 0.829. The number of hydrogen-bond donors (Lipinski definition) is 0. The molecule has 144 valence electrons. The number of aryl methyl sites for hydroxylation is 3. The number of halogens is 1. The highest BCUT2D eigenvalue weighted by atomic mass is 35.5. The van der Waals surface area contributed by atoms with Crippen molar-refractivity contribution < 1.29 is 0 Å². The molecular formula is C21H28ClN5. The molecule has 0 atom stereocenters. The van der Waals surface area contributed by atoms with Gasteiger partial charge < -0.3 is 4.57 Å². The van der Waals surface area contributed by atoms with Gasteiger partial charge in [-0.1, -0.05) is 29.8 Å². The van der Waals surface area contributed by atoms with E-state index in [1.165, 1.54) is 16.8 Å². The average Bonchev–Trinajstić information content (AvgIpc) is 3.26. The third-order valence-electron chi connectivity index (χ3n) is 5.01. The smallest absolute Gasteiger partial charge is 0.0945 e. The van der Waals surface area contributed by atoms with Gasteiger partial charge >= 0.3 is 0 Å². The van der Waals surface area contributed by atoms with E-state index >= 15 is 0 Å². The van der Waals surface area contributed by atoms with Crippen molar-refractivity contribution in [1.82, 2.24) is 24.2 Å². The van der Waals surface area contributed by atoms with Crippen molar-refractivity contribution in [3.63, 3.8) is 0 Å². The Hall–Kier alpha value is -2.11. The monoisotopic (exact) mass is 385 g/mol. The first-order valence-electron chi connectivity index (χ1n) is 9.53. The van der Waals surface area contributed by atoms with Crippen LogP contribution in [0.5, 0.6) is 0 Å². The summed E-state index contributed by atoms with van der Waals surface area (Å²) >= 11 is 6.42. The van der Waals surface area contributed by atoms with Crippen LogP contribution < -0.4 is 0 Å². The van der Waals surface area contributed by atoms with E-state index in [2.05, 4.69) is 57.1 Å². The van der Waals surface area contributed by atoms with Crippen molar-refractivity contribution in [2.75, 3.05) is 6.54 Å². The highest BCUT2D eigenvalue weighted by Crippen LogP contribution is 2.21. The van der Waals surface area contributed by atoms with E-state index in [1.807, 2.05) is 30.9 Å². The van der Waals surface area contributed by atoms with Gasteiger partial charge in [0.1, 0.15) is 0 Å². The topological polar surface area (TPSA) is 38.9 Å². The lowest BCUT2D eigenvalue weighted by Gasteiger charge is -2.23. The van der Waals surface area contributed by atoms with Crippen LogP contribution in [0.4, 0.5) is 0 Å². The van der Waals surface area contributed by atoms with Gasteiger partial charge in [0, 0.05) is 61.4 Å². The van der Waals surface area contributed by atoms with Crippen LogP contribution in [0.2, 0.25) is 5.02 Å². The molecule has 0 spiro atoms. The number of aromatic nitrogens is 4. The largest absolute Gasteiger partial charge is 0.337 e. The summed E-state index contributed by atoms with van der Waals surface area (Å²) in [5, 5.41) is 5.51. The summed E-state index contributed by atoms with van der Waals surface area (Å²) in [6.07, 6.45) is 6.77. The first-order valence-corrected chi connectivity index (χ1v) is 9.90. The van der Waals surface area contributed by atoms with E-state index in [1.54, 1.807) is 0 Å². The minimum absolute atomic E-state index is 0.829. The average molecular weight is 386 g/mol. The fourth-order valence-electron chi connectivity index (χ4n) is 3.47. The predicted octanol–water partition coefficient (Wildman–Crippen LogP) is 4.46. The maximum atomic E-state index is 6.42. The van der Waals surface area contributed by atoms with Crippen LogP contribution in [0.3, 0.4) is 0 Å². The first-order chi connectivity index (χ1) is 13.1. The van der Waals surface area contributed by atoms with Gasteiger partial charge in [-0.3, -0.25) is 9.58 Å². The Labute approximate surface area is 166 Å². The predicted molar refractivity (Wildman–Crippen MR) is 110 cm³/mol. The van der Waals surface area contributed by atoms with Crippen molar-refractivity contribution in [3.8, 4) is 0 Å². The molecule has 0 N–H and O–H groups in total. The molecule has 6 heteroatoms. The Kier molecular flexibility index (Phi) is 6.69. The van der Waals surface area contributed by atoms with Gasteiger partial charge in [0.15, 0.2) is 0 Å². The van der Waals surface area contributed by atoms with Gasteiger partial charge in [-0.05, 0) is 38.8 Å². The van der Waals surface area contributed by atoms with Crippen molar-refractivity contribution in [2.24, 2.45) is 0 Å². The Bertz CT molecular complexity index is 854. The molecule has 1 aromatic carbocycles. The first kappa shape index (κ1) is 19.6. The lowest BCUT2D eigenvalue weighted by molar-refractivity contribution is 0.247. The van der Waals surface area contributed by atoms with E-state index in [0.29, 0.717) is 0 Å². The van der Waals surface area contributed by atoms with Crippen LogP contribution in [0.25, 0.3) is 0 Å². The van der Waals surface area contributed by atoms with E-state index in [0.717, 1.165) is 49.9 Å². The van der Waals surface area contributed by atoms with Crippen LogP contribution >= 0.6 is 11.6 Å². The Balaban J connectivity index is 1.74. The maximum absolute atomic E-state index is 6.42. The summed E-state index contributed by atoms with van der Waals surface area (Å²) in [7, 11) is 0. The fraction of sp³-hybridized carbons (Fsp3) is 0.429. The Morgan fingerprint density at radius 3 is 2.63 bits per heavy atom. The van der Waals surface area contributed by atoms with Crippen molar-refractivity contribution >= 4 is 11.6 Å². The zero-order valence-corrected chi connectivity index (χ0v) is 17.2. The second kappa shape index (κ2) is 9.20. The number of benzene rings is 1. The summed E-state index contributed by atoms with van der Waals surface area (Å²) in [5.74, 6) is 0. The van der Waals surface area contributed by atoms with Crippen molar-refractivity contribution in [2.45, 2.75) is 53.4 Å². The van der Waals surface area contributed by atoms with Gasteiger partial charge in [0.05, 0.1) is 12.0 Å². The molecule has 2 aromatic heterocycles. The molecule has 0 aliphatic carbocycles. The summed E-state index contributed by atoms with van der Waals surface area (Å²) < 4.78 is 4.21. The second-order valence-electron chi connectivity index (χ2n) is 6.92. The van der Waals surface area contributed by atoms with Crippen LogP contribution in [-0.2, 0) is 26.2 Å². The lowest BCUT2D eigenvalue weighted by Crippen LogP contribution is -2.25. The van der Waals surface area contributed by atoms with Crippen molar-refractivity contribution in [1.29, 1.82) is 0 Å². The van der Waals surface area contributed by atoms with Crippen LogP contribution in [0.1, 0.15) is 35.9 Å². The third-order valence-corrected chi connectivity index (χ3v) is 5.38. The molecule has 0 aliphatic rings. The zero-order valence-electron chi connectivity index (χ0n) is 16.4. The highest BCUT2D eigenvalue weighted by Gasteiger charge is 2.16. The maximum Gasteiger partial charge on any atom is 0.0945 e. The molecule has 3 aromatic rings. The normalized spacial score (nSPS) is 11.4.